The van der Waals surface area contributed by atoms with Crippen LogP contribution < -0.4 is 5.73 Å². The molecule has 1 aliphatic rings. The molecule has 1 saturated carbocycles. The molecule has 0 spiro atoms. The molecular formula is C20H25NO. The Kier molecular flexibility index (Phi) is 4.60. The van der Waals surface area contributed by atoms with Crippen molar-refractivity contribution < 1.29 is 4.74 Å². The molecule has 2 aromatic carbocycles. The zero-order valence-electron chi connectivity index (χ0n) is 13.2. The van der Waals surface area contributed by atoms with Crippen LogP contribution in [0.15, 0.2) is 60.7 Å². The lowest BCUT2D eigenvalue weighted by Crippen LogP contribution is -2.38. The third-order valence-corrected chi connectivity index (χ3v) is 4.71. The summed E-state index contributed by atoms with van der Waals surface area (Å²) in [6, 6.07) is 21.1. The van der Waals surface area contributed by atoms with Crippen molar-refractivity contribution in [2.24, 2.45) is 11.7 Å². The van der Waals surface area contributed by atoms with Crippen LogP contribution in [0, 0.1) is 5.92 Å². The molecule has 1 fully saturated rings. The van der Waals surface area contributed by atoms with E-state index in [2.05, 4.69) is 48.5 Å². The number of hydrogen-bond acceptors (Lipinski definition) is 2. The summed E-state index contributed by atoms with van der Waals surface area (Å²) >= 11 is 0. The SMILES string of the molecule is COC(CC(N)CC1CC1)(c1ccccc1)c1ccccc1. The monoisotopic (exact) mass is 295 g/mol. The van der Waals surface area contributed by atoms with Gasteiger partial charge in [0, 0.05) is 13.2 Å². The van der Waals surface area contributed by atoms with E-state index in [1.807, 2.05) is 12.1 Å². The summed E-state index contributed by atoms with van der Waals surface area (Å²) < 4.78 is 6.10. The van der Waals surface area contributed by atoms with Crippen LogP contribution in [0.3, 0.4) is 0 Å². The van der Waals surface area contributed by atoms with Crippen LogP contribution in [0.25, 0.3) is 0 Å². The van der Waals surface area contributed by atoms with Crippen LogP contribution in [-0.4, -0.2) is 13.2 Å². The molecule has 0 radical (unpaired) electrons. The van der Waals surface area contributed by atoms with E-state index in [0.717, 1.165) is 18.8 Å². The lowest BCUT2D eigenvalue weighted by Gasteiger charge is -2.36. The van der Waals surface area contributed by atoms with E-state index in [9.17, 15) is 0 Å². The summed E-state index contributed by atoms with van der Waals surface area (Å²) in [6.07, 6.45) is 4.59. The molecule has 2 heteroatoms. The standard InChI is InChI=1S/C20H25NO/c1-22-20(17-8-4-2-5-9-17,18-10-6-3-7-11-18)15-19(21)14-16-12-13-16/h2-11,16,19H,12-15,21H2,1H3. The fourth-order valence-corrected chi connectivity index (χ4v) is 3.37. The van der Waals surface area contributed by atoms with Crippen molar-refractivity contribution in [1.29, 1.82) is 0 Å². The number of benzene rings is 2. The summed E-state index contributed by atoms with van der Waals surface area (Å²) in [5.74, 6) is 0.830. The fraction of sp³-hybridized carbons (Fsp3) is 0.400. The maximum Gasteiger partial charge on any atom is 0.119 e. The molecule has 2 aromatic rings. The Balaban J connectivity index is 1.96. The van der Waals surface area contributed by atoms with E-state index in [0.29, 0.717) is 0 Å². The van der Waals surface area contributed by atoms with Gasteiger partial charge < -0.3 is 10.5 Å². The Labute approximate surface area is 133 Å². The first kappa shape index (κ1) is 15.3. The first-order valence-electron chi connectivity index (χ1n) is 8.16. The van der Waals surface area contributed by atoms with Crippen molar-refractivity contribution in [3.63, 3.8) is 0 Å². The van der Waals surface area contributed by atoms with Crippen LogP contribution in [0.2, 0.25) is 0 Å². The maximum absolute atomic E-state index is 6.47. The normalized spacial score (nSPS) is 16.5. The minimum Gasteiger partial charge on any atom is -0.369 e. The highest BCUT2D eigenvalue weighted by atomic mass is 16.5. The van der Waals surface area contributed by atoms with Crippen LogP contribution in [0.5, 0.6) is 0 Å². The van der Waals surface area contributed by atoms with Gasteiger partial charge in [-0.25, -0.2) is 0 Å². The molecule has 2 N–H and O–H groups in total. The Morgan fingerprint density at radius 3 is 1.91 bits per heavy atom. The zero-order valence-corrected chi connectivity index (χ0v) is 13.2. The lowest BCUT2D eigenvalue weighted by molar-refractivity contribution is 0.00793. The van der Waals surface area contributed by atoms with Crippen LogP contribution in [0.4, 0.5) is 0 Å². The van der Waals surface area contributed by atoms with Gasteiger partial charge in [0.1, 0.15) is 5.60 Å². The Morgan fingerprint density at radius 2 is 1.50 bits per heavy atom. The molecule has 3 rings (SSSR count). The molecule has 1 unspecified atom stereocenters. The molecule has 0 amide bonds. The average Bonchev–Trinajstić information content (AvgIpc) is 3.38. The van der Waals surface area contributed by atoms with E-state index < -0.39 is 5.60 Å². The second-order valence-corrected chi connectivity index (χ2v) is 6.41. The number of hydrogen-bond donors (Lipinski definition) is 1. The second-order valence-electron chi connectivity index (χ2n) is 6.41. The summed E-state index contributed by atoms with van der Waals surface area (Å²) in [5.41, 5.74) is 8.36. The predicted molar refractivity (Wildman–Crippen MR) is 90.6 cm³/mol. The van der Waals surface area contributed by atoms with Gasteiger partial charge in [0.25, 0.3) is 0 Å². The molecule has 1 aliphatic carbocycles. The van der Waals surface area contributed by atoms with Gasteiger partial charge in [-0.3, -0.25) is 0 Å². The Hall–Kier alpha value is -1.64. The zero-order chi connectivity index (χ0) is 15.4. The molecule has 0 aromatic heterocycles. The van der Waals surface area contributed by atoms with Crippen molar-refractivity contribution in [3.05, 3.63) is 71.8 Å². The fourth-order valence-electron chi connectivity index (χ4n) is 3.37. The van der Waals surface area contributed by atoms with Gasteiger partial charge in [-0.1, -0.05) is 73.5 Å². The summed E-state index contributed by atoms with van der Waals surface area (Å²) in [5, 5.41) is 0. The quantitative estimate of drug-likeness (QED) is 0.835. The molecule has 0 bridgehead atoms. The van der Waals surface area contributed by atoms with Gasteiger partial charge in [0.2, 0.25) is 0 Å². The lowest BCUT2D eigenvalue weighted by atomic mass is 9.80. The van der Waals surface area contributed by atoms with Crippen LogP contribution >= 0.6 is 0 Å². The number of ether oxygens (including phenoxy) is 1. The van der Waals surface area contributed by atoms with Gasteiger partial charge in [0.15, 0.2) is 0 Å². The maximum atomic E-state index is 6.47. The largest absolute Gasteiger partial charge is 0.369 e. The van der Waals surface area contributed by atoms with Gasteiger partial charge in [-0.15, -0.1) is 0 Å². The smallest absolute Gasteiger partial charge is 0.119 e. The highest BCUT2D eigenvalue weighted by molar-refractivity contribution is 5.36. The van der Waals surface area contributed by atoms with E-state index in [-0.39, 0.29) is 6.04 Å². The Morgan fingerprint density at radius 1 is 1.00 bits per heavy atom. The minimum absolute atomic E-state index is 0.160. The molecule has 0 saturated heterocycles. The third kappa shape index (κ3) is 3.23. The first-order valence-corrected chi connectivity index (χ1v) is 8.16. The highest BCUT2D eigenvalue weighted by Gasteiger charge is 2.37. The second kappa shape index (κ2) is 6.64. The van der Waals surface area contributed by atoms with E-state index >= 15 is 0 Å². The van der Waals surface area contributed by atoms with Gasteiger partial charge in [0.05, 0.1) is 0 Å². The highest BCUT2D eigenvalue weighted by Crippen LogP contribution is 2.40. The van der Waals surface area contributed by atoms with E-state index in [1.165, 1.54) is 24.0 Å². The molecule has 0 aliphatic heterocycles. The molecule has 22 heavy (non-hydrogen) atoms. The topological polar surface area (TPSA) is 35.2 Å². The van der Waals surface area contributed by atoms with Crippen molar-refractivity contribution >= 4 is 0 Å². The van der Waals surface area contributed by atoms with Crippen LogP contribution in [-0.2, 0) is 10.3 Å². The van der Waals surface area contributed by atoms with E-state index in [1.54, 1.807) is 7.11 Å². The number of rotatable bonds is 7. The van der Waals surface area contributed by atoms with Gasteiger partial charge >= 0.3 is 0 Å². The Bertz CT molecular complexity index is 538. The molecular weight excluding hydrogens is 270 g/mol. The first-order chi connectivity index (χ1) is 10.7. The predicted octanol–water partition coefficient (Wildman–Crippen LogP) is 4.09. The van der Waals surface area contributed by atoms with Gasteiger partial charge in [-0.2, -0.15) is 0 Å². The molecule has 2 nitrogen and oxygen atoms in total. The van der Waals surface area contributed by atoms with Crippen molar-refractivity contribution in [2.75, 3.05) is 7.11 Å². The minimum atomic E-state index is -0.461. The van der Waals surface area contributed by atoms with Gasteiger partial charge in [-0.05, 0) is 29.9 Å². The summed E-state index contributed by atoms with van der Waals surface area (Å²) in [4.78, 5) is 0. The third-order valence-electron chi connectivity index (χ3n) is 4.71. The summed E-state index contributed by atoms with van der Waals surface area (Å²) in [7, 11) is 1.80. The van der Waals surface area contributed by atoms with Crippen molar-refractivity contribution in [1.82, 2.24) is 0 Å². The molecule has 116 valence electrons. The number of methoxy groups -OCH3 is 1. The number of nitrogens with two attached hydrogens (primary N) is 1. The molecule has 1 atom stereocenters. The van der Waals surface area contributed by atoms with Crippen molar-refractivity contribution in [2.45, 2.75) is 37.3 Å². The average molecular weight is 295 g/mol. The summed E-state index contributed by atoms with van der Waals surface area (Å²) in [6.45, 7) is 0. The molecule has 0 heterocycles. The van der Waals surface area contributed by atoms with Crippen molar-refractivity contribution in [3.8, 4) is 0 Å². The van der Waals surface area contributed by atoms with Crippen LogP contribution in [0.1, 0.15) is 36.8 Å². The van der Waals surface area contributed by atoms with E-state index in [4.69, 9.17) is 10.5 Å².